The van der Waals surface area contributed by atoms with Crippen LogP contribution in [-0.2, 0) is 24.2 Å². The molecule has 0 heterocycles. The number of methoxy groups -OCH3 is 1. The Morgan fingerprint density at radius 2 is 1.85 bits per heavy atom. The second kappa shape index (κ2) is 7.58. The van der Waals surface area contributed by atoms with Crippen molar-refractivity contribution in [2.45, 2.75) is 31.7 Å². The molecule has 1 rings (SSSR count). The van der Waals surface area contributed by atoms with Crippen molar-refractivity contribution in [1.82, 2.24) is 5.32 Å². The molecule has 0 bridgehead atoms. The number of carbonyl (C=O) groups is 2. The van der Waals surface area contributed by atoms with Crippen LogP contribution in [0.2, 0.25) is 0 Å². The molecule has 0 aromatic heterocycles. The van der Waals surface area contributed by atoms with Crippen molar-refractivity contribution >= 4 is 21.7 Å². The van der Waals surface area contributed by atoms with Gasteiger partial charge in [0.25, 0.3) is 0 Å². The molecule has 0 aromatic carbocycles. The monoisotopic (exact) mass is 307 g/mol. The van der Waals surface area contributed by atoms with Gasteiger partial charge in [-0.25, -0.2) is 8.42 Å². The third-order valence-electron chi connectivity index (χ3n) is 3.39. The lowest BCUT2D eigenvalue weighted by molar-refractivity contribution is -0.142. The van der Waals surface area contributed by atoms with Gasteiger partial charge >= 0.3 is 5.97 Å². The van der Waals surface area contributed by atoms with Gasteiger partial charge in [-0.1, -0.05) is 0 Å². The number of hydrogen-bond donors (Lipinski definition) is 2. The quantitative estimate of drug-likeness (QED) is 0.674. The molecular weight excluding hydrogens is 286 g/mol. The van der Waals surface area contributed by atoms with E-state index in [0.717, 1.165) is 0 Å². The number of aliphatic carboxylic acids is 1. The minimum Gasteiger partial charge on any atom is -0.481 e. The Balaban J connectivity index is 2.35. The van der Waals surface area contributed by atoms with E-state index in [1.54, 1.807) is 0 Å². The van der Waals surface area contributed by atoms with Crippen LogP contribution in [-0.4, -0.2) is 56.7 Å². The number of nitrogens with one attached hydrogen (secondary N) is 1. The molecule has 20 heavy (non-hydrogen) atoms. The first-order valence-electron chi connectivity index (χ1n) is 6.55. The largest absolute Gasteiger partial charge is 0.481 e. The van der Waals surface area contributed by atoms with Gasteiger partial charge < -0.3 is 15.2 Å². The number of sulfone groups is 1. The van der Waals surface area contributed by atoms with Gasteiger partial charge in [0.1, 0.15) is 5.75 Å². The number of rotatable bonds is 7. The van der Waals surface area contributed by atoms with Crippen LogP contribution < -0.4 is 5.32 Å². The van der Waals surface area contributed by atoms with E-state index in [0.29, 0.717) is 25.7 Å². The number of carboxylic acid groups (broad SMARTS) is 1. The highest BCUT2D eigenvalue weighted by Gasteiger charge is 2.27. The second-order valence-corrected chi connectivity index (χ2v) is 7.22. The van der Waals surface area contributed by atoms with E-state index >= 15 is 0 Å². The average molecular weight is 307 g/mol. The van der Waals surface area contributed by atoms with E-state index in [2.05, 4.69) is 10.1 Å². The maximum Gasteiger partial charge on any atom is 0.306 e. The van der Waals surface area contributed by atoms with Crippen LogP contribution in [0.25, 0.3) is 0 Å². The predicted molar refractivity (Wildman–Crippen MR) is 72.1 cm³/mol. The fourth-order valence-corrected chi connectivity index (χ4v) is 3.28. The molecule has 0 radical (unpaired) electrons. The van der Waals surface area contributed by atoms with Gasteiger partial charge in [0, 0.05) is 13.2 Å². The first-order valence-corrected chi connectivity index (χ1v) is 8.37. The molecule has 2 N–H and O–H groups in total. The van der Waals surface area contributed by atoms with E-state index in [1.165, 1.54) is 7.11 Å². The van der Waals surface area contributed by atoms with Gasteiger partial charge in [-0.3, -0.25) is 9.59 Å². The zero-order chi connectivity index (χ0) is 15.2. The van der Waals surface area contributed by atoms with Crippen LogP contribution in [0.15, 0.2) is 0 Å². The zero-order valence-corrected chi connectivity index (χ0v) is 12.3. The Hall–Kier alpha value is -1.15. The molecule has 0 atom stereocenters. The lowest BCUT2D eigenvalue weighted by Crippen LogP contribution is -2.41. The van der Waals surface area contributed by atoms with Crippen molar-refractivity contribution < 1.29 is 27.9 Å². The van der Waals surface area contributed by atoms with Gasteiger partial charge in [0.2, 0.25) is 5.91 Å². The van der Waals surface area contributed by atoms with Gasteiger partial charge in [0.05, 0.1) is 18.3 Å². The molecule has 0 aromatic rings. The normalized spacial score (nSPS) is 23.2. The number of amides is 1. The van der Waals surface area contributed by atoms with E-state index in [1.807, 2.05) is 0 Å². The third kappa shape index (κ3) is 5.87. The van der Waals surface area contributed by atoms with Crippen molar-refractivity contribution in [1.29, 1.82) is 0 Å². The molecule has 1 aliphatic rings. The van der Waals surface area contributed by atoms with Crippen LogP contribution in [0, 0.1) is 5.92 Å². The summed E-state index contributed by atoms with van der Waals surface area (Å²) < 4.78 is 27.8. The number of carboxylic acids is 1. The van der Waals surface area contributed by atoms with Crippen LogP contribution in [0.3, 0.4) is 0 Å². The van der Waals surface area contributed by atoms with E-state index < -0.39 is 27.5 Å². The molecule has 7 nitrogen and oxygen atoms in total. The minimum atomic E-state index is -3.45. The average Bonchev–Trinajstić information content (AvgIpc) is 2.36. The minimum absolute atomic E-state index is 0.0688. The van der Waals surface area contributed by atoms with Gasteiger partial charge in [-0.05, 0) is 25.7 Å². The van der Waals surface area contributed by atoms with Crippen LogP contribution in [0.5, 0.6) is 0 Å². The Morgan fingerprint density at radius 1 is 1.25 bits per heavy atom. The summed E-state index contributed by atoms with van der Waals surface area (Å²) in [4.78, 5) is 22.5. The van der Waals surface area contributed by atoms with Crippen molar-refractivity contribution in [3.05, 3.63) is 0 Å². The summed E-state index contributed by atoms with van der Waals surface area (Å²) in [5.74, 6) is -2.41. The Bertz CT molecular complexity index is 439. The number of ether oxygens (including phenoxy) is 1. The summed E-state index contributed by atoms with van der Waals surface area (Å²) in [6.45, 7) is 0.0688. The summed E-state index contributed by atoms with van der Waals surface area (Å²) in [7, 11) is -2.05. The summed E-state index contributed by atoms with van der Waals surface area (Å²) >= 11 is 0. The third-order valence-corrected chi connectivity index (χ3v) is 4.88. The maximum absolute atomic E-state index is 11.7. The maximum atomic E-state index is 11.7. The Labute approximate surface area is 118 Å². The Kier molecular flexibility index (Phi) is 6.41. The molecule has 1 aliphatic carbocycles. The molecule has 8 heteroatoms. The van der Waals surface area contributed by atoms with Crippen molar-refractivity contribution in [3.8, 4) is 0 Å². The van der Waals surface area contributed by atoms with Crippen LogP contribution in [0.1, 0.15) is 25.7 Å². The topological polar surface area (TPSA) is 110 Å². The molecule has 0 spiro atoms. The summed E-state index contributed by atoms with van der Waals surface area (Å²) in [5.41, 5.74) is 0. The number of hydrogen-bond acceptors (Lipinski definition) is 5. The van der Waals surface area contributed by atoms with Gasteiger partial charge in [-0.15, -0.1) is 0 Å². The SMILES string of the molecule is COCCS(=O)(=O)CC(=O)NC1CCC(C(=O)O)CC1. The van der Waals surface area contributed by atoms with Crippen LogP contribution in [0.4, 0.5) is 0 Å². The highest BCUT2D eigenvalue weighted by molar-refractivity contribution is 7.92. The van der Waals surface area contributed by atoms with Crippen molar-refractivity contribution in [2.24, 2.45) is 5.92 Å². The fraction of sp³-hybridized carbons (Fsp3) is 0.833. The summed E-state index contributed by atoms with van der Waals surface area (Å²) in [6.07, 6.45) is 2.16. The molecule has 116 valence electrons. The molecule has 0 aliphatic heterocycles. The molecule has 0 saturated heterocycles. The van der Waals surface area contributed by atoms with E-state index in [4.69, 9.17) is 5.11 Å². The molecular formula is C12H21NO6S. The van der Waals surface area contributed by atoms with Gasteiger partial charge in [0.15, 0.2) is 9.84 Å². The number of carbonyl (C=O) groups excluding carboxylic acids is 1. The summed E-state index contributed by atoms with van der Waals surface area (Å²) in [5, 5.41) is 11.5. The van der Waals surface area contributed by atoms with Gasteiger partial charge in [-0.2, -0.15) is 0 Å². The lowest BCUT2D eigenvalue weighted by Gasteiger charge is -2.26. The highest BCUT2D eigenvalue weighted by atomic mass is 32.2. The standard InChI is InChI=1S/C12H21NO6S/c1-19-6-7-20(17,18)8-11(14)13-10-4-2-9(3-5-10)12(15)16/h9-10H,2-8H2,1H3,(H,13,14)(H,15,16). The van der Waals surface area contributed by atoms with Crippen molar-refractivity contribution in [2.75, 3.05) is 25.2 Å². The molecule has 0 unspecified atom stereocenters. The van der Waals surface area contributed by atoms with E-state index in [9.17, 15) is 18.0 Å². The second-order valence-electron chi connectivity index (χ2n) is 5.04. The predicted octanol–water partition coefficient (Wildman–Crippen LogP) is -0.193. The molecule has 1 fully saturated rings. The fourth-order valence-electron chi connectivity index (χ4n) is 2.24. The lowest BCUT2D eigenvalue weighted by atomic mass is 9.86. The first-order chi connectivity index (χ1) is 9.34. The van der Waals surface area contributed by atoms with Crippen LogP contribution >= 0.6 is 0 Å². The highest BCUT2D eigenvalue weighted by Crippen LogP contribution is 2.24. The smallest absolute Gasteiger partial charge is 0.306 e. The Morgan fingerprint density at radius 3 is 2.35 bits per heavy atom. The first kappa shape index (κ1) is 16.9. The van der Waals surface area contributed by atoms with E-state index in [-0.39, 0.29) is 24.3 Å². The molecule has 1 saturated carbocycles. The van der Waals surface area contributed by atoms with Crippen molar-refractivity contribution in [3.63, 3.8) is 0 Å². The molecule has 1 amide bonds. The zero-order valence-electron chi connectivity index (χ0n) is 11.5. The summed E-state index contributed by atoms with van der Waals surface area (Å²) in [6, 6.07) is -0.129.